The maximum atomic E-state index is 12.7. The Hall–Kier alpha value is -2.48. The Bertz CT molecular complexity index is 1380. The van der Waals surface area contributed by atoms with E-state index in [1.165, 1.54) is 0 Å². The van der Waals surface area contributed by atoms with Gasteiger partial charge in [0.25, 0.3) is 0 Å². The molecule has 13 heteroatoms. The lowest BCUT2D eigenvalue weighted by Crippen LogP contribution is -2.45. The molecule has 0 radical (unpaired) electrons. The number of carbonyl (C=O) groups excluding carboxylic acids is 1. The van der Waals surface area contributed by atoms with E-state index >= 15 is 0 Å². The van der Waals surface area contributed by atoms with Gasteiger partial charge in [0, 0.05) is 44.7 Å². The van der Waals surface area contributed by atoms with E-state index in [4.69, 9.17) is 9.47 Å². The van der Waals surface area contributed by atoms with Crippen molar-refractivity contribution in [1.82, 2.24) is 28.0 Å². The minimum absolute atomic E-state index is 0.0386. The highest BCUT2D eigenvalue weighted by atomic mass is 32.2. The lowest BCUT2D eigenvalue weighted by molar-refractivity contribution is 0.0899. The third-order valence-electron chi connectivity index (χ3n) is 7.09. The molecule has 1 N–H and O–H groups in total. The number of hydrogen-bond donors (Lipinski definition) is 1. The second-order valence-electron chi connectivity index (χ2n) is 11.0. The topological polar surface area (TPSA) is 120 Å². The van der Waals surface area contributed by atoms with Gasteiger partial charge in [-0.25, -0.2) is 14.8 Å². The van der Waals surface area contributed by atoms with Crippen molar-refractivity contribution in [3.63, 3.8) is 0 Å². The Morgan fingerprint density at radius 2 is 2.03 bits per heavy atom. The number of fused-ring (bicyclic) bond motifs is 3. The summed E-state index contributed by atoms with van der Waals surface area (Å²) in [6.45, 7) is 10.4. The number of hydrogen-bond acceptors (Lipinski definition) is 7. The van der Waals surface area contributed by atoms with Gasteiger partial charge in [0.2, 0.25) is 0 Å². The van der Waals surface area contributed by atoms with Crippen LogP contribution in [0.2, 0.25) is 25.7 Å². The molecular formula is C23H34N6O5SSi. The Morgan fingerprint density at radius 3 is 2.75 bits per heavy atom. The first-order valence-electron chi connectivity index (χ1n) is 12.4. The fourth-order valence-electron chi connectivity index (χ4n) is 5.16. The summed E-state index contributed by atoms with van der Waals surface area (Å²) in [6.07, 6.45) is 6.08. The van der Waals surface area contributed by atoms with Crippen LogP contribution in [0.25, 0.3) is 16.8 Å². The van der Waals surface area contributed by atoms with E-state index in [2.05, 4.69) is 45.7 Å². The van der Waals surface area contributed by atoms with Crippen molar-refractivity contribution in [3.8, 4) is 0 Å². The molecule has 2 aliphatic rings. The summed E-state index contributed by atoms with van der Waals surface area (Å²) in [7, 11) is -5.09. The minimum Gasteiger partial charge on any atom is -0.447 e. The molecule has 3 aromatic rings. The molecule has 5 rings (SSSR count). The van der Waals surface area contributed by atoms with Gasteiger partial charge < -0.3 is 14.0 Å². The zero-order chi connectivity index (χ0) is 25.7. The molecule has 3 aromatic heterocycles. The first-order chi connectivity index (χ1) is 17.0. The predicted octanol–water partition coefficient (Wildman–Crippen LogP) is 3.17. The quantitative estimate of drug-likeness (QED) is 0.331. The standard InChI is InChI=1S/C23H34N6O5SSi/c1-16-11-17(26-35(31,32)28-7-8-34-23(28)30)12-18(16)20-13-24-21-14-25-22-19(29(20)21)5-6-27(22)15-33-9-10-36(2,3)4/h5-6,13-14,16-18,26H,7-12,15H2,1-4H3/t16?,17-,18?/m0/s1. The molecule has 11 nitrogen and oxygen atoms in total. The maximum absolute atomic E-state index is 12.7. The smallest absolute Gasteiger partial charge is 0.424 e. The molecule has 36 heavy (non-hydrogen) atoms. The Balaban J connectivity index is 1.35. The van der Waals surface area contributed by atoms with Crippen LogP contribution < -0.4 is 4.72 Å². The molecule has 2 fully saturated rings. The van der Waals surface area contributed by atoms with Gasteiger partial charge in [-0.2, -0.15) is 17.4 Å². The zero-order valence-electron chi connectivity index (χ0n) is 21.2. The normalized spacial score (nSPS) is 23.3. The number of rotatable bonds is 9. The van der Waals surface area contributed by atoms with Gasteiger partial charge in [0.05, 0.1) is 18.3 Å². The zero-order valence-corrected chi connectivity index (χ0v) is 23.0. The maximum Gasteiger partial charge on any atom is 0.424 e. The molecule has 1 saturated heterocycles. The highest BCUT2D eigenvalue weighted by Gasteiger charge is 2.40. The van der Waals surface area contributed by atoms with Crippen molar-refractivity contribution in [2.75, 3.05) is 19.8 Å². The molecular weight excluding hydrogens is 500 g/mol. The summed E-state index contributed by atoms with van der Waals surface area (Å²) >= 11 is 0. The Labute approximate surface area is 212 Å². The van der Waals surface area contributed by atoms with Crippen molar-refractivity contribution in [2.24, 2.45) is 5.92 Å². The number of ether oxygens (including phenoxy) is 2. The number of nitrogens with one attached hydrogen (secondary N) is 1. The summed E-state index contributed by atoms with van der Waals surface area (Å²) in [6, 6.07) is 2.86. The van der Waals surface area contributed by atoms with Crippen LogP contribution in [0.15, 0.2) is 24.7 Å². The van der Waals surface area contributed by atoms with Crippen molar-refractivity contribution in [2.45, 2.75) is 64.1 Å². The third-order valence-corrected chi connectivity index (χ3v) is 10.3. The fourth-order valence-corrected chi connectivity index (χ4v) is 7.22. The van der Waals surface area contributed by atoms with Crippen LogP contribution in [0.4, 0.5) is 4.79 Å². The molecule has 4 heterocycles. The van der Waals surface area contributed by atoms with E-state index in [1.54, 1.807) is 6.20 Å². The summed E-state index contributed by atoms with van der Waals surface area (Å²) in [5, 5.41) is 0. The second-order valence-corrected chi connectivity index (χ2v) is 18.3. The molecule has 1 aliphatic heterocycles. The number of carbonyl (C=O) groups is 1. The van der Waals surface area contributed by atoms with Crippen LogP contribution >= 0.6 is 0 Å². The molecule has 196 valence electrons. The molecule has 1 aliphatic carbocycles. The van der Waals surface area contributed by atoms with E-state index in [0.717, 1.165) is 39.5 Å². The van der Waals surface area contributed by atoms with E-state index in [1.807, 2.05) is 23.0 Å². The first-order valence-corrected chi connectivity index (χ1v) is 17.5. The first kappa shape index (κ1) is 25.2. The van der Waals surface area contributed by atoms with Crippen molar-refractivity contribution in [3.05, 3.63) is 30.4 Å². The van der Waals surface area contributed by atoms with Crippen LogP contribution in [-0.2, 0) is 26.4 Å². The molecule has 0 spiro atoms. The van der Waals surface area contributed by atoms with Gasteiger partial charge in [-0.1, -0.05) is 26.6 Å². The number of imidazole rings is 1. The number of nitrogens with zero attached hydrogens (tertiary/aromatic N) is 5. The SMILES string of the molecule is CC1C[C@H](NS(=O)(=O)N2CCOC2=O)CC1c1cnc2cnc3c(ccn3COCC[Si](C)(C)C)n12. The lowest BCUT2D eigenvalue weighted by atomic mass is 9.95. The number of aromatic nitrogens is 4. The monoisotopic (exact) mass is 534 g/mol. The number of cyclic esters (lactones) is 1. The van der Waals surface area contributed by atoms with Crippen molar-refractivity contribution >= 4 is 41.2 Å². The summed E-state index contributed by atoms with van der Waals surface area (Å²) < 4.78 is 43.8. The van der Waals surface area contributed by atoms with Gasteiger partial charge in [0.15, 0.2) is 11.3 Å². The van der Waals surface area contributed by atoms with Gasteiger partial charge in [-0.3, -0.25) is 4.40 Å². The van der Waals surface area contributed by atoms with Gasteiger partial charge in [-0.05, 0) is 30.9 Å². The van der Waals surface area contributed by atoms with E-state index in [9.17, 15) is 13.2 Å². The molecule has 0 bridgehead atoms. The van der Waals surface area contributed by atoms with E-state index in [-0.39, 0.29) is 31.0 Å². The third kappa shape index (κ3) is 4.88. The highest BCUT2D eigenvalue weighted by molar-refractivity contribution is 7.87. The molecule has 3 atom stereocenters. The Kier molecular flexibility index (Phi) is 6.60. The number of amides is 1. The molecule has 1 saturated carbocycles. The van der Waals surface area contributed by atoms with Crippen molar-refractivity contribution in [1.29, 1.82) is 0 Å². The van der Waals surface area contributed by atoms with E-state index in [0.29, 0.717) is 19.6 Å². The average Bonchev–Trinajstić information content (AvgIpc) is 3.56. The van der Waals surface area contributed by atoms with Crippen LogP contribution in [0, 0.1) is 5.92 Å². The van der Waals surface area contributed by atoms with Gasteiger partial charge >= 0.3 is 16.3 Å². The van der Waals surface area contributed by atoms with Crippen molar-refractivity contribution < 1.29 is 22.7 Å². The van der Waals surface area contributed by atoms with Crippen LogP contribution in [0.1, 0.15) is 31.4 Å². The minimum atomic E-state index is -3.94. The predicted molar refractivity (Wildman–Crippen MR) is 138 cm³/mol. The largest absolute Gasteiger partial charge is 0.447 e. The highest BCUT2D eigenvalue weighted by Crippen LogP contribution is 2.40. The van der Waals surface area contributed by atoms with Gasteiger partial charge in [0.1, 0.15) is 13.3 Å². The van der Waals surface area contributed by atoms with Crippen LogP contribution in [0.5, 0.6) is 0 Å². The average molecular weight is 535 g/mol. The molecule has 1 amide bonds. The second kappa shape index (κ2) is 9.43. The summed E-state index contributed by atoms with van der Waals surface area (Å²) in [4.78, 5) is 21.0. The van der Waals surface area contributed by atoms with E-state index < -0.39 is 24.4 Å². The fraction of sp³-hybridized carbons (Fsp3) is 0.609. The lowest BCUT2D eigenvalue weighted by Gasteiger charge is -2.18. The molecule has 2 unspecified atom stereocenters. The Morgan fingerprint density at radius 1 is 1.22 bits per heavy atom. The summed E-state index contributed by atoms with van der Waals surface area (Å²) in [5.41, 5.74) is 3.56. The van der Waals surface area contributed by atoms with Gasteiger partial charge in [-0.15, -0.1) is 0 Å². The summed E-state index contributed by atoms with van der Waals surface area (Å²) in [5.74, 6) is 0.318. The van der Waals surface area contributed by atoms with Crippen LogP contribution in [-0.4, -0.2) is 71.6 Å². The van der Waals surface area contributed by atoms with Crippen LogP contribution in [0.3, 0.4) is 0 Å². The molecule has 0 aromatic carbocycles.